The Morgan fingerprint density at radius 1 is 1.29 bits per heavy atom. The monoisotopic (exact) mass is 310 g/mol. The van der Waals surface area contributed by atoms with Crippen molar-refractivity contribution in [2.75, 3.05) is 20.1 Å². The summed E-state index contributed by atoms with van der Waals surface area (Å²) >= 11 is 0. The number of halogens is 1. The van der Waals surface area contributed by atoms with Crippen LogP contribution in [0.5, 0.6) is 0 Å². The number of hydrogen-bond donors (Lipinski definition) is 2. The summed E-state index contributed by atoms with van der Waals surface area (Å²) in [5.41, 5.74) is 0.876. The van der Waals surface area contributed by atoms with Crippen molar-refractivity contribution in [1.82, 2.24) is 30.8 Å². The highest BCUT2D eigenvalue weighted by molar-refractivity contribution is 5.85. The number of amides is 1. The van der Waals surface area contributed by atoms with E-state index in [0.29, 0.717) is 12.4 Å². The minimum Gasteiger partial charge on any atom is -0.353 e. The summed E-state index contributed by atoms with van der Waals surface area (Å²) in [6, 6.07) is 9.05. The lowest BCUT2D eigenvalue weighted by Crippen LogP contribution is -2.35. The summed E-state index contributed by atoms with van der Waals surface area (Å²) in [6.07, 6.45) is 0. The van der Waals surface area contributed by atoms with E-state index in [-0.39, 0.29) is 18.3 Å². The maximum Gasteiger partial charge on any atom is 0.246 e. The Morgan fingerprint density at radius 3 is 2.67 bits per heavy atom. The standard InChI is InChI=1S/C13H18N6O.ClH/c1-10(13(20)15-9-8-14-2)19-17-12(16-18-19)11-6-4-3-5-7-11;/h3-7,10,14H,8-9H2,1-2H3,(H,15,20);1H. The molecular weight excluding hydrogens is 292 g/mol. The maximum atomic E-state index is 11.9. The molecule has 1 unspecified atom stereocenters. The molecule has 0 saturated carbocycles. The lowest BCUT2D eigenvalue weighted by molar-refractivity contribution is -0.124. The first-order valence-corrected chi connectivity index (χ1v) is 6.49. The molecule has 0 radical (unpaired) electrons. The van der Waals surface area contributed by atoms with Crippen LogP contribution < -0.4 is 10.6 Å². The molecule has 21 heavy (non-hydrogen) atoms. The van der Waals surface area contributed by atoms with Gasteiger partial charge in [0.1, 0.15) is 6.04 Å². The van der Waals surface area contributed by atoms with Crippen LogP contribution in [-0.2, 0) is 4.79 Å². The lowest BCUT2D eigenvalue weighted by Gasteiger charge is -2.10. The van der Waals surface area contributed by atoms with Gasteiger partial charge in [-0.05, 0) is 19.2 Å². The number of nitrogens with one attached hydrogen (secondary N) is 2. The normalized spacial score (nSPS) is 11.5. The second-order valence-electron chi connectivity index (χ2n) is 4.37. The van der Waals surface area contributed by atoms with Gasteiger partial charge in [0.25, 0.3) is 0 Å². The van der Waals surface area contributed by atoms with Gasteiger partial charge in [-0.25, -0.2) is 0 Å². The van der Waals surface area contributed by atoms with E-state index in [1.165, 1.54) is 4.80 Å². The zero-order valence-corrected chi connectivity index (χ0v) is 12.8. The van der Waals surface area contributed by atoms with Crippen LogP contribution in [0.15, 0.2) is 30.3 Å². The SMILES string of the molecule is CNCCNC(=O)C(C)n1nnc(-c2ccccc2)n1.Cl. The highest BCUT2D eigenvalue weighted by atomic mass is 35.5. The molecule has 1 aromatic heterocycles. The highest BCUT2D eigenvalue weighted by Gasteiger charge is 2.18. The number of tetrazole rings is 1. The van der Waals surface area contributed by atoms with E-state index in [1.54, 1.807) is 6.92 Å². The number of hydrogen-bond acceptors (Lipinski definition) is 5. The maximum absolute atomic E-state index is 11.9. The first-order chi connectivity index (χ1) is 9.72. The Balaban J connectivity index is 0.00000220. The van der Waals surface area contributed by atoms with Crippen LogP contribution in [0, 0.1) is 0 Å². The van der Waals surface area contributed by atoms with Crippen molar-refractivity contribution in [1.29, 1.82) is 0 Å². The number of rotatable bonds is 6. The van der Waals surface area contributed by atoms with Crippen LogP contribution in [0.1, 0.15) is 13.0 Å². The molecular formula is C13H19ClN6O. The van der Waals surface area contributed by atoms with E-state index >= 15 is 0 Å². The zero-order chi connectivity index (χ0) is 14.4. The van der Waals surface area contributed by atoms with Gasteiger partial charge in [-0.1, -0.05) is 30.3 Å². The molecule has 0 bridgehead atoms. The van der Waals surface area contributed by atoms with Crippen molar-refractivity contribution in [3.05, 3.63) is 30.3 Å². The van der Waals surface area contributed by atoms with Crippen LogP contribution in [0.2, 0.25) is 0 Å². The Morgan fingerprint density at radius 2 is 2.00 bits per heavy atom. The summed E-state index contributed by atoms with van der Waals surface area (Å²) in [4.78, 5) is 13.2. The molecule has 0 aliphatic rings. The van der Waals surface area contributed by atoms with Crippen molar-refractivity contribution in [3.63, 3.8) is 0 Å². The topological polar surface area (TPSA) is 84.7 Å². The van der Waals surface area contributed by atoms with Crippen molar-refractivity contribution in [2.45, 2.75) is 13.0 Å². The Bertz CT molecular complexity index is 559. The Labute approximate surface area is 129 Å². The number of benzene rings is 1. The lowest BCUT2D eigenvalue weighted by atomic mass is 10.2. The van der Waals surface area contributed by atoms with Gasteiger partial charge in [-0.3, -0.25) is 4.79 Å². The molecule has 0 saturated heterocycles. The molecule has 7 nitrogen and oxygen atoms in total. The smallest absolute Gasteiger partial charge is 0.246 e. The largest absolute Gasteiger partial charge is 0.353 e. The quantitative estimate of drug-likeness (QED) is 0.766. The van der Waals surface area contributed by atoms with Crippen LogP contribution >= 0.6 is 12.4 Å². The third kappa shape index (κ3) is 4.51. The predicted octanol–water partition coefficient (Wildman–Crippen LogP) is 0.658. The van der Waals surface area contributed by atoms with Crippen LogP contribution in [0.3, 0.4) is 0 Å². The molecule has 1 heterocycles. The molecule has 114 valence electrons. The number of carbonyl (C=O) groups is 1. The third-order valence-corrected chi connectivity index (χ3v) is 2.86. The van der Waals surface area contributed by atoms with Gasteiger partial charge < -0.3 is 10.6 Å². The predicted molar refractivity (Wildman–Crippen MR) is 82.1 cm³/mol. The fraction of sp³-hybridized carbons (Fsp3) is 0.385. The van der Waals surface area contributed by atoms with Crippen molar-refractivity contribution in [3.8, 4) is 11.4 Å². The third-order valence-electron chi connectivity index (χ3n) is 2.86. The minimum absolute atomic E-state index is 0. The molecule has 1 aromatic carbocycles. The van der Waals surface area contributed by atoms with E-state index in [4.69, 9.17) is 0 Å². The average Bonchev–Trinajstić information content (AvgIpc) is 2.97. The molecule has 8 heteroatoms. The first-order valence-electron chi connectivity index (χ1n) is 6.49. The number of likely N-dealkylation sites (N-methyl/N-ethyl adjacent to an activating group) is 1. The fourth-order valence-corrected chi connectivity index (χ4v) is 1.66. The van der Waals surface area contributed by atoms with Gasteiger partial charge in [0.05, 0.1) is 0 Å². The van der Waals surface area contributed by atoms with Gasteiger partial charge in [0, 0.05) is 18.7 Å². The number of nitrogens with zero attached hydrogens (tertiary/aromatic N) is 4. The highest BCUT2D eigenvalue weighted by Crippen LogP contribution is 2.13. The summed E-state index contributed by atoms with van der Waals surface area (Å²) in [7, 11) is 1.83. The molecule has 0 spiro atoms. The molecule has 0 aliphatic carbocycles. The first kappa shape index (κ1) is 17.1. The molecule has 1 atom stereocenters. The summed E-state index contributed by atoms with van der Waals surface area (Å²) in [5.74, 6) is 0.387. The second-order valence-corrected chi connectivity index (χ2v) is 4.37. The van der Waals surface area contributed by atoms with E-state index in [1.807, 2.05) is 37.4 Å². The van der Waals surface area contributed by atoms with Crippen molar-refractivity contribution < 1.29 is 4.79 Å². The molecule has 0 fully saturated rings. The van der Waals surface area contributed by atoms with Crippen molar-refractivity contribution >= 4 is 18.3 Å². The van der Waals surface area contributed by atoms with E-state index in [9.17, 15) is 4.79 Å². The molecule has 2 aromatic rings. The zero-order valence-electron chi connectivity index (χ0n) is 12.0. The van der Waals surface area contributed by atoms with E-state index in [2.05, 4.69) is 26.0 Å². The van der Waals surface area contributed by atoms with Gasteiger partial charge in [-0.2, -0.15) is 4.80 Å². The van der Waals surface area contributed by atoms with Crippen LogP contribution in [0.4, 0.5) is 0 Å². The van der Waals surface area contributed by atoms with E-state index in [0.717, 1.165) is 12.1 Å². The molecule has 2 N–H and O–H groups in total. The Hall–Kier alpha value is -1.99. The summed E-state index contributed by atoms with van der Waals surface area (Å²) in [5, 5.41) is 17.9. The summed E-state index contributed by atoms with van der Waals surface area (Å²) < 4.78 is 0. The van der Waals surface area contributed by atoms with E-state index < -0.39 is 6.04 Å². The van der Waals surface area contributed by atoms with Gasteiger partial charge in [0.15, 0.2) is 0 Å². The van der Waals surface area contributed by atoms with Crippen molar-refractivity contribution in [2.24, 2.45) is 0 Å². The number of carbonyl (C=O) groups excluding carboxylic acids is 1. The average molecular weight is 311 g/mol. The molecule has 0 aliphatic heterocycles. The second kappa shape index (κ2) is 8.33. The van der Waals surface area contributed by atoms with Crippen LogP contribution in [0.25, 0.3) is 11.4 Å². The Kier molecular flexibility index (Phi) is 6.77. The molecule has 1 amide bonds. The van der Waals surface area contributed by atoms with Gasteiger partial charge in [-0.15, -0.1) is 22.6 Å². The van der Waals surface area contributed by atoms with Gasteiger partial charge >= 0.3 is 0 Å². The molecule has 2 rings (SSSR count). The summed E-state index contributed by atoms with van der Waals surface area (Å²) in [6.45, 7) is 3.03. The fourth-order valence-electron chi connectivity index (χ4n) is 1.66. The number of aromatic nitrogens is 4. The van der Waals surface area contributed by atoms with Crippen LogP contribution in [-0.4, -0.2) is 46.3 Å². The minimum atomic E-state index is -0.489. The van der Waals surface area contributed by atoms with Gasteiger partial charge in [0.2, 0.25) is 11.7 Å².